The lowest BCUT2D eigenvalue weighted by Gasteiger charge is -1.92. The molecule has 0 saturated carbocycles. The van der Waals surface area contributed by atoms with E-state index in [4.69, 9.17) is 0 Å². The van der Waals surface area contributed by atoms with Gasteiger partial charge in [-0.15, -0.1) is 11.3 Å². The molecule has 0 aliphatic heterocycles. The SMILES string of the molecule is BrCCc1csc(-c2ccccn2)n1. The van der Waals surface area contributed by atoms with Gasteiger partial charge in [-0.05, 0) is 12.1 Å². The monoisotopic (exact) mass is 268 g/mol. The lowest BCUT2D eigenvalue weighted by Crippen LogP contribution is -1.86. The van der Waals surface area contributed by atoms with Gasteiger partial charge in [0.1, 0.15) is 5.01 Å². The minimum atomic E-state index is 0.957. The highest BCUT2D eigenvalue weighted by Crippen LogP contribution is 2.21. The summed E-state index contributed by atoms with van der Waals surface area (Å²) in [6.07, 6.45) is 2.77. The van der Waals surface area contributed by atoms with Crippen molar-refractivity contribution in [2.75, 3.05) is 5.33 Å². The summed E-state index contributed by atoms with van der Waals surface area (Å²) in [6.45, 7) is 0. The number of thiazole rings is 1. The average molecular weight is 269 g/mol. The number of rotatable bonds is 3. The van der Waals surface area contributed by atoms with Crippen LogP contribution in [0.2, 0.25) is 0 Å². The molecule has 2 rings (SSSR count). The van der Waals surface area contributed by atoms with Crippen LogP contribution in [-0.4, -0.2) is 15.3 Å². The van der Waals surface area contributed by atoms with Gasteiger partial charge in [-0.25, -0.2) is 4.98 Å². The second kappa shape index (κ2) is 4.66. The minimum absolute atomic E-state index is 0.957. The Morgan fingerprint density at radius 2 is 2.29 bits per heavy atom. The fourth-order valence-electron chi connectivity index (χ4n) is 1.13. The molecular formula is C10H9BrN2S. The second-order valence-corrected chi connectivity index (χ2v) is 4.45. The zero-order valence-corrected chi connectivity index (χ0v) is 9.88. The molecule has 2 aromatic heterocycles. The smallest absolute Gasteiger partial charge is 0.142 e. The summed E-state index contributed by atoms with van der Waals surface area (Å²) in [5, 5.41) is 4.05. The predicted octanol–water partition coefficient (Wildman–Crippen LogP) is 3.14. The molecule has 0 N–H and O–H groups in total. The number of aromatic nitrogens is 2. The number of pyridine rings is 1. The van der Waals surface area contributed by atoms with E-state index < -0.39 is 0 Å². The van der Waals surface area contributed by atoms with Gasteiger partial charge < -0.3 is 0 Å². The molecule has 14 heavy (non-hydrogen) atoms. The van der Waals surface area contributed by atoms with Crippen LogP contribution in [0.4, 0.5) is 0 Å². The lowest BCUT2D eigenvalue weighted by molar-refractivity contribution is 1.08. The number of aryl methyl sites for hydroxylation is 1. The van der Waals surface area contributed by atoms with Crippen molar-refractivity contribution in [2.24, 2.45) is 0 Å². The Morgan fingerprint density at radius 1 is 1.36 bits per heavy atom. The van der Waals surface area contributed by atoms with Gasteiger partial charge >= 0.3 is 0 Å². The van der Waals surface area contributed by atoms with Gasteiger partial charge in [-0.1, -0.05) is 22.0 Å². The Morgan fingerprint density at radius 3 is 3.00 bits per heavy atom. The molecule has 0 aromatic carbocycles. The summed E-state index contributed by atoms with van der Waals surface area (Å²) in [6, 6.07) is 5.88. The maximum Gasteiger partial charge on any atom is 0.142 e. The average Bonchev–Trinajstić information content (AvgIpc) is 2.68. The summed E-state index contributed by atoms with van der Waals surface area (Å²) in [5.74, 6) is 0. The lowest BCUT2D eigenvalue weighted by atomic mass is 10.3. The maximum absolute atomic E-state index is 4.50. The van der Waals surface area contributed by atoms with Crippen LogP contribution < -0.4 is 0 Å². The highest BCUT2D eigenvalue weighted by Gasteiger charge is 2.04. The molecule has 0 aliphatic rings. The summed E-state index contributed by atoms with van der Waals surface area (Å²) in [5.41, 5.74) is 2.09. The highest BCUT2D eigenvalue weighted by molar-refractivity contribution is 9.09. The van der Waals surface area contributed by atoms with Gasteiger partial charge in [0.2, 0.25) is 0 Å². The van der Waals surface area contributed by atoms with E-state index in [-0.39, 0.29) is 0 Å². The number of nitrogens with zero attached hydrogens (tertiary/aromatic N) is 2. The Balaban J connectivity index is 2.25. The molecule has 0 saturated heterocycles. The van der Waals surface area contributed by atoms with Crippen molar-refractivity contribution in [3.8, 4) is 10.7 Å². The van der Waals surface area contributed by atoms with Crippen LogP contribution in [0.15, 0.2) is 29.8 Å². The first-order valence-corrected chi connectivity index (χ1v) is 6.32. The van der Waals surface area contributed by atoms with Crippen molar-refractivity contribution in [1.82, 2.24) is 9.97 Å². The molecule has 0 fully saturated rings. The maximum atomic E-state index is 4.50. The first kappa shape index (κ1) is 9.80. The van der Waals surface area contributed by atoms with Crippen LogP contribution >= 0.6 is 27.3 Å². The van der Waals surface area contributed by atoms with Crippen LogP contribution in [0, 0.1) is 0 Å². The molecule has 0 bridgehead atoms. The third-order valence-corrected chi connectivity index (χ3v) is 3.10. The van der Waals surface area contributed by atoms with Crippen molar-refractivity contribution in [1.29, 1.82) is 0 Å². The van der Waals surface area contributed by atoms with E-state index in [1.807, 2.05) is 18.2 Å². The number of hydrogen-bond acceptors (Lipinski definition) is 3. The number of hydrogen-bond donors (Lipinski definition) is 0. The Bertz CT molecular complexity index is 400. The molecule has 2 nitrogen and oxygen atoms in total. The fourth-order valence-corrected chi connectivity index (χ4v) is 2.36. The third-order valence-electron chi connectivity index (χ3n) is 1.79. The first-order chi connectivity index (χ1) is 6.90. The van der Waals surface area contributed by atoms with Gasteiger partial charge in [-0.3, -0.25) is 4.98 Å². The Hall–Kier alpha value is -0.740. The molecule has 0 aliphatic carbocycles. The van der Waals surface area contributed by atoms with E-state index >= 15 is 0 Å². The van der Waals surface area contributed by atoms with Gasteiger partial charge in [0.05, 0.1) is 11.4 Å². The van der Waals surface area contributed by atoms with Gasteiger partial charge in [0, 0.05) is 23.3 Å². The first-order valence-electron chi connectivity index (χ1n) is 4.32. The van der Waals surface area contributed by atoms with Gasteiger partial charge in [0.25, 0.3) is 0 Å². The summed E-state index contributed by atoms with van der Waals surface area (Å²) < 4.78 is 0. The van der Waals surface area contributed by atoms with Crippen LogP contribution in [-0.2, 0) is 6.42 Å². The van der Waals surface area contributed by atoms with Crippen molar-refractivity contribution in [3.05, 3.63) is 35.5 Å². The van der Waals surface area contributed by atoms with E-state index in [0.717, 1.165) is 28.1 Å². The Labute approximate surface area is 95.2 Å². The fraction of sp³-hybridized carbons (Fsp3) is 0.200. The minimum Gasteiger partial charge on any atom is -0.254 e. The van der Waals surface area contributed by atoms with E-state index in [9.17, 15) is 0 Å². The molecule has 0 atom stereocenters. The standard InChI is InChI=1S/C10H9BrN2S/c11-5-4-8-7-14-10(13-8)9-3-1-2-6-12-9/h1-3,6-7H,4-5H2. The topological polar surface area (TPSA) is 25.8 Å². The molecule has 2 heterocycles. The summed E-state index contributed by atoms with van der Waals surface area (Å²) in [4.78, 5) is 8.75. The highest BCUT2D eigenvalue weighted by atomic mass is 79.9. The summed E-state index contributed by atoms with van der Waals surface area (Å²) in [7, 11) is 0. The van der Waals surface area contributed by atoms with Crippen LogP contribution in [0.3, 0.4) is 0 Å². The molecule has 0 amide bonds. The molecule has 0 spiro atoms. The molecule has 0 radical (unpaired) electrons. The second-order valence-electron chi connectivity index (χ2n) is 2.80. The molecular weight excluding hydrogens is 260 g/mol. The zero-order chi connectivity index (χ0) is 9.80. The quantitative estimate of drug-likeness (QED) is 0.800. The normalized spacial score (nSPS) is 10.4. The van der Waals surface area contributed by atoms with Crippen LogP contribution in [0.5, 0.6) is 0 Å². The van der Waals surface area contributed by atoms with Crippen molar-refractivity contribution < 1.29 is 0 Å². The van der Waals surface area contributed by atoms with E-state index in [1.54, 1.807) is 17.5 Å². The molecule has 2 aromatic rings. The van der Waals surface area contributed by atoms with E-state index in [1.165, 1.54) is 0 Å². The van der Waals surface area contributed by atoms with E-state index in [0.29, 0.717) is 0 Å². The van der Waals surface area contributed by atoms with Gasteiger partial charge in [-0.2, -0.15) is 0 Å². The number of halogens is 1. The van der Waals surface area contributed by atoms with Crippen LogP contribution in [0.1, 0.15) is 5.69 Å². The largest absolute Gasteiger partial charge is 0.254 e. The third kappa shape index (κ3) is 2.19. The molecule has 72 valence electrons. The predicted molar refractivity (Wildman–Crippen MR) is 62.8 cm³/mol. The summed E-state index contributed by atoms with van der Waals surface area (Å²) >= 11 is 5.05. The van der Waals surface area contributed by atoms with Crippen molar-refractivity contribution >= 4 is 27.3 Å². The van der Waals surface area contributed by atoms with Gasteiger partial charge in [0.15, 0.2) is 0 Å². The van der Waals surface area contributed by atoms with Crippen molar-refractivity contribution in [3.63, 3.8) is 0 Å². The number of alkyl halides is 1. The van der Waals surface area contributed by atoms with Crippen molar-refractivity contribution in [2.45, 2.75) is 6.42 Å². The molecule has 4 heteroatoms. The zero-order valence-electron chi connectivity index (χ0n) is 7.48. The van der Waals surface area contributed by atoms with Crippen LogP contribution in [0.25, 0.3) is 10.7 Å². The van der Waals surface area contributed by atoms with E-state index in [2.05, 4.69) is 31.3 Å². The molecule has 0 unspecified atom stereocenters. The Kier molecular flexibility index (Phi) is 3.26.